The number of nitrogens with zero attached hydrogens (tertiary/aromatic N) is 1. The van der Waals surface area contributed by atoms with E-state index in [1.807, 2.05) is 36.4 Å². The first-order valence-electron chi connectivity index (χ1n) is 8.79. The molecule has 2 aromatic carbocycles. The summed E-state index contributed by atoms with van der Waals surface area (Å²) in [4.78, 5) is 2.34. The van der Waals surface area contributed by atoms with E-state index in [4.69, 9.17) is 0 Å². The summed E-state index contributed by atoms with van der Waals surface area (Å²) < 4.78 is 0. The number of hydrogen-bond donors (Lipinski definition) is 1. The van der Waals surface area contributed by atoms with Gasteiger partial charge in [-0.2, -0.15) is 0 Å². The molecule has 1 fully saturated rings. The molecule has 2 nitrogen and oxygen atoms in total. The maximum Gasteiger partial charge on any atom is 0.0698 e. The fourth-order valence-corrected chi connectivity index (χ4v) is 3.30. The number of aliphatic hydroxyl groups is 1. The Morgan fingerprint density at radius 2 is 1.71 bits per heavy atom. The maximum absolute atomic E-state index is 10.5. The molecule has 0 bridgehead atoms. The summed E-state index contributed by atoms with van der Waals surface area (Å²) in [6.45, 7) is 2.76. The van der Waals surface area contributed by atoms with Crippen molar-refractivity contribution in [3.63, 3.8) is 0 Å². The number of β-amino-alcohol motifs (C(OH)–C–C–N with tert-alkyl or cyclic N) is 1. The van der Waals surface area contributed by atoms with Crippen LogP contribution in [0.3, 0.4) is 0 Å². The topological polar surface area (TPSA) is 23.5 Å². The largest absolute Gasteiger partial charge is 0.391 e. The predicted molar refractivity (Wildman–Crippen MR) is 98.6 cm³/mol. The van der Waals surface area contributed by atoms with E-state index in [0.717, 1.165) is 44.5 Å². The summed E-state index contributed by atoms with van der Waals surface area (Å²) in [5.74, 6) is 6.81. The molecular weight excluding hydrogens is 294 g/mol. The van der Waals surface area contributed by atoms with Crippen LogP contribution in [0.25, 0.3) is 0 Å². The van der Waals surface area contributed by atoms with Gasteiger partial charge in [-0.1, -0.05) is 60.4 Å². The van der Waals surface area contributed by atoms with E-state index in [-0.39, 0.29) is 6.10 Å². The number of likely N-dealkylation sites (tertiary alicyclic amines) is 1. The highest BCUT2D eigenvalue weighted by molar-refractivity contribution is 5.33. The highest BCUT2D eigenvalue weighted by atomic mass is 16.3. The van der Waals surface area contributed by atoms with Crippen LogP contribution in [-0.4, -0.2) is 35.7 Å². The number of piperidine rings is 1. The summed E-state index contributed by atoms with van der Waals surface area (Å²) in [5, 5.41) is 10.5. The van der Waals surface area contributed by atoms with Gasteiger partial charge in [-0.3, -0.25) is 4.90 Å². The van der Waals surface area contributed by atoms with Crippen molar-refractivity contribution in [3.05, 3.63) is 71.8 Å². The van der Waals surface area contributed by atoms with Crippen LogP contribution in [0.1, 0.15) is 24.0 Å². The molecule has 124 valence electrons. The van der Waals surface area contributed by atoms with Gasteiger partial charge in [-0.15, -0.1) is 0 Å². The van der Waals surface area contributed by atoms with Crippen LogP contribution in [0.5, 0.6) is 0 Å². The predicted octanol–water partition coefficient (Wildman–Crippen LogP) is 3.35. The highest BCUT2D eigenvalue weighted by Gasteiger charge is 2.27. The third-order valence-electron chi connectivity index (χ3n) is 4.71. The Bertz CT molecular complexity index is 671. The van der Waals surface area contributed by atoms with Gasteiger partial charge in [-0.05, 0) is 43.0 Å². The van der Waals surface area contributed by atoms with Crippen molar-refractivity contribution >= 4 is 0 Å². The second kappa shape index (κ2) is 8.68. The van der Waals surface area contributed by atoms with Crippen molar-refractivity contribution in [3.8, 4) is 11.8 Å². The third kappa shape index (κ3) is 4.96. The minimum atomic E-state index is -0.235. The lowest BCUT2D eigenvalue weighted by molar-refractivity contribution is 0.0229. The molecule has 2 unspecified atom stereocenters. The van der Waals surface area contributed by atoms with E-state index >= 15 is 0 Å². The van der Waals surface area contributed by atoms with Crippen LogP contribution in [0, 0.1) is 17.8 Å². The van der Waals surface area contributed by atoms with Crippen molar-refractivity contribution in [2.45, 2.75) is 25.4 Å². The average Bonchev–Trinajstić information content (AvgIpc) is 2.63. The Labute approximate surface area is 145 Å². The first-order valence-corrected chi connectivity index (χ1v) is 8.79. The monoisotopic (exact) mass is 319 g/mol. The van der Waals surface area contributed by atoms with E-state index in [0.29, 0.717) is 5.92 Å². The minimum absolute atomic E-state index is 0.235. The van der Waals surface area contributed by atoms with Crippen molar-refractivity contribution in [1.29, 1.82) is 0 Å². The minimum Gasteiger partial charge on any atom is -0.391 e. The zero-order valence-corrected chi connectivity index (χ0v) is 14.1. The molecule has 0 spiro atoms. The third-order valence-corrected chi connectivity index (χ3v) is 4.71. The van der Waals surface area contributed by atoms with E-state index in [1.54, 1.807) is 0 Å². The lowest BCUT2D eigenvalue weighted by Crippen LogP contribution is -2.44. The van der Waals surface area contributed by atoms with E-state index in [2.05, 4.69) is 41.0 Å². The van der Waals surface area contributed by atoms with Crippen molar-refractivity contribution < 1.29 is 5.11 Å². The summed E-state index contributed by atoms with van der Waals surface area (Å²) >= 11 is 0. The summed E-state index contributed by atoms with van der Waals surface area (Å²) in [6, 6.07) is 20.6. The van der Waals surface area contributed by atoms with Crippen LogP contribution in [0.15, 0.2) is 60.7 Å². The van der Waals surface area contributed by atoms with Crippen LogP contribution >= 0.6 is 0 Å². The lowest BCUT2D eigenvalue weighted by atomic mass is 9.88. The molecule has 0 radical (unpaired) electrons. The van der Waals surface area contributed by atoms with Gasteiger partial charge in [0.05, 0.1) is 6.10 Å². The van der Waals surface area contributed by atoms with Gasteiger partial charge < -0.3 is 5.11 Å². The second-order valence-corrected chi connectivity index (χ2v) is 6.52. The normalized spacial score (nSPS) is 21.0. The Morgan fingerprint density at radius 3 is 2.42 bits per heavy atom. The van der Waals surface area contributed by atoms with Gasteiger partial charge in [0.25, 0.3) is 0 Å². The molecule has 0 aromatic heterocycles. The van der Waals surface area contributed by atoms with Gasteiger partial charge in [0, 0.05) is 25.1 Å². The quantitative estimate of drug-likeness (QED) is 0.874. The molecule has 1 heterocycles. The molecule has 1 aliphatic rings. The van der Waals surface area contributed by atoms with Gasteiger partial charge in [0.2, 0.25) is 0 Å². The van der Waals surface area contributed by atoms with Gasteiger partial charge in [0.15, 0.2) is 0 Å². The van der Waals surface area contributed by atoms with Crippen LogP contribution in [0.4, 0.5) is 0 Å². The van der Waals surface area contributed by atoms with Crippen molar-refractivity contribution in [1.82, 2.24) is 4.90 Å². The molecule has 2 heteroatoms. The number of benzene rings is 2. The number of aliphatic hydroxyl groups excluding tert-OH is 1. The molecule has 0 amide bonds. The molecule has 0 aliphatic carbocycles. The molecule has 1 aliphatic heterocycles. The molecule has 24 heavy (non-hydrogen) atoms. The Hall–Kier alpha value is -2.08. The summed E-state index contributed by atoms with van der Waals surface area (Å²) in [5.41, 5.74) is 2.39. The molecule has 0 saturated carbocycles. The molecule has 1 saturated heterocycles. The van der Waals surface area contributed by atoms with Crippen LogP contribution in [-0.2, 0) is 6.42 Å². The van der Waals surface area contributed by atoms with E-state index in [9.17, 15) is 5.11 Å². The lowest BCUT2D eigenvalue weighted by Gasteiger charge is -2.35. The van der Waals surface area contributed by atoms with E-state index < -0.39 is 0 Å². The fraction of sp³-hybridized carbons (Fsp3) is 0.364. The number of rotatable bonds is 4. The molecule has 3 rings (SSSR count). The van der Waals surface area contributed by atoms with Crippen LogP contribution in [0.2, 0.25) is 0 Å². The first-order chi connectivity index (χ1) is 11.8. The van der Waals surface area contributed by atoms with Crippen LogP contribution < -0.4 is 0 Å². The van der Waals surface area contributed by atoms with Crippen molar-refractivity contribution in [2.75, 3.05) is 19.6 Å². The molecule has 1 N–H and O–H groups in total. The number of hydrogen-bond acceptors (Lipinski definition) is 2. The summed E-state index contributed by atoms with van der Waals surface area (Å²) in [6.07, 6.45) is 2.65. The zero-order chi connectivity index (χ0) is 16.6. The van der Waals surface area contributed by atoms with Gasteiger partial charge in [0.1, 0.15) is 0 Å². The summed E-state index contributed by atoms with van der Waals surface area (Å²) in [7, 11) is 0. The fourth-order valence-electron chi connectivity index (χ4n) is 3.30. The smallest absolute Gasteiger partial charge is 0.0698 e. The average molecular weight is 319 g/mol. The maximum atomic E-state index is 10.5. The Balaban J connectivity index is 1.43. The first kappa shape index (κ1) is 16.8. The Kier molecular flexibility index (Phi) is 6.07. The zero-order valence-electron chi connectivity index (χ0n) is 14.1. The van der Waals surface area contributed by atoms with Gasteiger partial charge in [-0.25, -0.2) is 0 Å². The highest BCUT2D eigenvalue weighted by Crippen LogP contribution is 2.22. The molecule has 2 aromatic rings. The molecular formula is C22H25NO. The standard InChI is InChI=1S/C22H25NO/c24-22-18-23(15-8-7-11-19-9-3-1-4-10-19)16-14-21(22)17-20-12-5-2-6-13-20/h1-6,9-10,12-13,21-22,24H,8,14-18H2. The Morgan fingerprint density at radius 1 is 1.00 bits per heavy atom. The SMILES string of the molecule is OC1CN(CCC#Cc2ccccc2)CCC1Cc1ccccc1. The van der Waals surface area contributed by atoms with E-state index in [1.165, 1.54) is 5.56 Å². The van der Waals surface area contributed by atoms with Crippen molar-refractivity contribution in [2.24, 2.45) is 5.92 Å². The second-order valence-electron chi connectivity index (χ2n) is 6.52. The van der Waals surface area contributed by atoms with Gasteiger partial charge >= 0.3 is 0 Å². The molecule has 2 atom stereocenters.